The summed E-state index contributed by atoms with van der Waals surface area (Å²) in [7, 11) is 1.77. The maximum absolute atomic E-state index is 10.6. The predicted octanol–water partition coefficient (Wildman–Crippen LogP) is 0.793. The van der Waals surface area contributed by atoms with Gasteiger partial charge in [0, 0.05) is 13.2 Å². The van der Waals surface area contributed by atoms with E-state index in [1.807, 2.05) is 0 Å². The lowest BCUT2D eigenvalue weighted by atomic mass is 10.2. The van der Waals surface area contributed by atoms with Crippen molar-refractivity contribution >= 4 is 5.97 Å². The van der Waals surface area contributed by atoms with Gasteiger partial charge in [-0.2, -0.15) is 0 Å². The van der Waals surface area contributed by atoms with Gasteiger partial charge in [0.1, 0.15) is 5.76 Å². The molecule has 0 aliphatic carbocycles. The number of aromatic nitrogens is 2. The summed E-state index contributed by atoms with van der Waals surface area (Å²) in [5.74, 6) is -1.21. The van der Waals surface area contributed by atoms with Gasteiger partial charge in [-0.05, 0) is 12.1 Å². The molecule has 0 spiro atoms. The highest BCUT2D eigenvalue weighted by Crippen LogP contribution is 2.22. The van der Waals surface area contributed by atoms with Crippen molar-refractivity contribution in [3.05, 3.63) is 41.9 Å². The number of hydrogen-bond acceptors (Lipinski definition) is 4. The minimum absolute atomic E-state index is 0.163. The molecule has 0 radical (unpaired) electrons. The maximum Gasteiger partial charge on any atom is 0.371 e. The molecule has 6 nitrogen and oxygen atoms in total. The van der Waals surface area contributed by atoms with Crippen molar-refractivity contribution in [1.82, 2.24) is 9.55 Å². The van der Waals surface area contributed by atoms with Crippen molar-refractivity contribution < 1.29 is 19.4 Å². The average Bonchev–Trinajstić information content (AvgIpc) is 2.84. The molecule has 0 aliphatic rings. The normalized spacial score (nSPS) is 12.6. The lowest BCUT2D eigenvalue weighted by Crippen LogP contribution is -1.99. The summed E-state index contributed by atoms with van der Waals surface area (Å²) in [6.07, 6.45) is 2.13. The summed E-state index contributed by atoms with van der Waals surface area (Å²) in [5, 5.41) is 18.5. The highest BCUT2D eigenvalue weighted by atomic mass is 16.4. The Morgan fingerprint density at radius 3 is 2.81 bits per heavy atom. The van der Waals surface area contributed by atoms with E-state index in [1.165, 1.54) is 12.1 Å². The molecule has 84 valence electrons. The van der Waals surface area contributed by atoms with E-state index in [0.717, 1.165) is 0 Å². The minimum atomic E-state index is -1.17. The largest absolute Gasteiger partial charge is 0.475 e. The summed E-state index contributed by atoms with van der Waals surface area (Å²) < 4.78 is 6.65. The molecule has 2 aromatic heterocycles. The molecule has 0 aromatic carbocycles. The van der Waals surface area contributed by atoms with Gasteiger partial charge in [0.05, 0.1) is 12.0 Å². The third kappa shape index (κ3) is 1.82. The Morgan fingerprint density at radius 2 is 2.31 bits per heavy atom. The third-order valence-electron chi connectivity index (χ3n) is 2.11. The maximum atomic E-state index is 10.6. The Bertz CT molecular complexity index is 514. The van der Waals surface area contributed by atoms with Crippen LogP contribution in [0.25, 0.3) is 0 Å². The lowest BCUT2D eigenvalue weighted by Gasteiger charge is -2.02. The summed E-state index contributed by atoms with van der Waals surface area (Å²) in [6, 6.07) is 2.71. The predicted molar refractivity (Wildman–Crippen MR) is 52.9 cm³/mol. The summed E-state index contributed by atoms with van der Waals surface area (Å²) in [4.78, 5) is 14.5. The first-order chi connectivity index (χ1) is 7.58. The van der Waals surface area contributed by atoms with E-state index in [0.29, 0.717) is 5.69 Å². The molecule has 0 amide bonds. The van der Waals surface area contributed by atoms with E-state index in [-0.39, 0.29) is 11.5 Å². The minimum Gasteiger partial charge on any atom is -0.475 e. The number of rotatable bonds is 3. The molecule has 0 bridgehead atoms. The number of aliphatic hydroxyl groups is 1. The van der Waals surface area contributed by atoms with E-state index in [9.17, 15) is 9.90 Å². The molecule has 2 aromatic rings. The zero-order valence-corrected chi connectivity index (χ0v) is 8.49. The van der Waals surface area contributed by atoms with E-state index >= 15 is 0 Å². The molecule has 0 saturated heterocycles. The first kappa shape index (κ1) is 10.4. The molecule has 0 saturated carbocycles. The van der Waals surface area contributed by atoms with Crippen LogP contribution in [0.15, 0.2) is 29.1 Å². The van der Waals surface area contributed by atoms with Crippen LogP contribution in [0.1, 0.15) is 28.1 Å². The Balaban J connectivity index is 2.26. The van der Waals surface area contributed by atoms with E-state index in [1.54, 1.807) is 24.1 Å². The van der Waals surface area contributed by atoms with Crippen LogP contribution >= 0.6 is 0 Å². The van der Waals surface area contributed by atoms with Crippen LogP contribution in [0.3, 0.4) is 0 Å². The third-order valence-corrected chi connectivity index (χ3v) is 2.11. The van der Waals surface area contributed by atoms with Crippen LogP contribution < -0.4 is 0 Å². The van der Waals surface area contributed by atoms with Gasteiger partial charge in [-0.15, -0.1) is 0 Å². The van der Waals surface area contributed by atoms with Gasteiger partial charge >= 0.3 is 5.97 Å². The van der Waals surface area contributed by atoms with Gasteiger partial charge in [0.2, 0.25) is 5.76 Å². The van der Waals surface area contributed by atoms with Gasteiger partial charge in [0.25, 0.3) is 0 Å². The number of nitrogens with zero attached hydrogens (tertiary/aromatic N) is 2. The van der Waals surface area contributed by atoms with Gasteiger partial charge < -0.3 is 19.2 Å². The Morgan fingerprint density at radius 1 is 1.56 bits per heavy atom. The molecular weight excluding hydrogens is 212 g/mol. The first-order valence-corrected chi connectivity index (χ1v) is 4.57. The van der Waals surface area contributed by atoms with Crippen molar-refractivity contribution in [3.8, 4) is 0 Å². The van der Waals surface area contributed by atoms with Crippen molar-refractivity contribution in [2.45, 2.75) is 6.10 Å². The quantitative estimate of drug-likeness (QED) is 0.801. The number of carbonyl (C=O) groups is 1. The number of carboxylic acids is 1. The zero-order valence-electron chi connectivity index (χ0n) is 8.49. The number of carboxylic acid groups (broad SMARTS) is 1. The monoisotopic (exact) mass is 222 g/mol. The number of aliphatic hydroxyl groups excluding tert-OH is 1. The SMILES string of the molecule is Cn1cnc(C(O)c2ccc(C(=O)O)o2)c1. The van der Waals surface area contributed by atoms with E-state index in [2.05, 4.69) is 4.98 Å². The Labute approximate surface area is 90.8 Å². The fourth-order valence-corrected chi connectivity index (χ4v) is 1.33. The number of aryl methyl sites for hydroxylation is 1. The Kier molecular flexibility index (Phi) is 2.49. The molecule has 2 heterocycles. The molecular formula is C10H10N2O4. The first-order valence-electron chi connectivity index (χ1n) is 4.57. The molecule has 2 rings (SSSR count). The number of furan rings is 1. The van der Waals surface area contributed by atoms with Crippen molar-refractivity contribution in [3.63, 3.8) is 0 Å². The van der Waals surface area contributed by atoms with Gasteiger partial charge in [-0.1, -0.05) is 0 Å². The van der Waals surface area contributed by atoms with Crippen LogP contribution in [0, 0.1) is 0 Å². The van der Waals surface area contributed by atoms with Crippen molar-refractivity contribution in [2.24, 2.45) is 7.05 Å². The average molecular weight is 222 g/mol. The van der Waals surface area contributed by atoms with Gasteiger partial charge in [0.15, 0.2) is 6.10 Å². The van der Waals surface area contributed by atoms with Gasteiger partial charge in [-0.3, -0.25) is 0 Å². The van der Waals surface area contributed by atoms with Crippen molar-refractivity contribution in [2.75, 3.05) is 0 Å². The standard InChI is InChI=1S/C10H10N2O4/c1-12-4-6(11-5-12)9(13)7-2-3-8(16-7)10(14)15/h2-5,9,13H,1H3,(H,14,15). The molecule has 6 heteroatoms. The summed E-state index contributed by atoms with van der Waals surface area (Å²) >= 11 is 0. The second-order valence-corrected chi connectivity index (χ2v) is 3.37. The lowest BCUT2D eigenvalue weighted by molar-refractivity contribution is 0.0654. The molecule has 0 aliphatic heterocycles. The summed E-state index contributed by atoms with van der Waals surface area (Å²) in [6.45, 7) is 0. The molecule has 1 atom stereocenters. The smallest absolute Gasteiger partial charge is 0.371 e. The van der Waals surface area contributed by atoms with Crippen LogP contribution in [0.4, 0.5) is 0 Å². The van der Waals surface area contributed by atoms with Crippen LogP contribution in [0.5, 0.6) is 0 Å². The molecule has 2 N–H and O–H groups in total. The molecule has 0 fully saturated rings. The van der Waals surface area contributed by atoms with E-state index in [4.69, 9.17) is 9.52 Å². The van der Waals surface area contributed by atoms with E-state index < -0.39 is 12.1 Å². The molecule has 1 unspecified atom stereocenters. The van der Waals surface area contributed by atoms with Crippen molar-refractivity contribution in [1.29, 1.82) is 0 Å². The number of hydrogen-bond donors (Lipinski definition) is 2. The zero-order chi connectivity index (χ0) is 11.7. The number of imidazole rings is 1. The van der Waals surface area contributed by atoms with Crippen LogP contribution in [-0.2, 0) is 7.05 Å². The van der Waals surface area contributed by atoms with Crippen LogP contribution in [-0.4, -0.2) is 25.7 Å². The summed E-state index contributed by atoms with van der Waals surface area (Å²) in [5.41, 5.74) is 0.411. The topological polar surface area (TPSA) is 88.5 Å². The fraction of sp³-hybridized carbons (Fsp3) is 0.200. The Hall–Kier alpha value is -2.08. The highest BCUT2D eigenvalue weighted by molar-refractivity contribution is 5.84. The second-order valence-electron chi connectivity index (χ2n) is 3.37. The second kappa shape index (κ2) is 3.82. The number of aromatic carboxylic acids is 1. The molecule has 16 heavy (non-hydrogen) atoms. The van der Waals surface area contributed by atoms with Gasteiger partial charge in [-0.25, -0.2) is 9.78 Å². The fourth-order valence-electron chi connectivity index (χ4n) is 1.33. The van der Waals surface area contributed by atoms with Crippen LogP contribution in [0.2, 0.25) is 0 Å². The highest BCUT2D eigenvalue weighted by Gasteiger charge is 2.18.